The third-order valence-corrected chi connectivity index (χ3v) is 3.33. The van der Waals surface area contributed by atoms with Crippen LogP contribution in [0.2, 0.25) is 5.02 Å². The topological polar surface area (TPSA) is 41.6 Å². The van der Waals surface area contributed by atoms with Crippen LogP contribution in [-0.2, 0) is 0 Å². The van der Waals surface area contributed by atoms with Gasteiger partial charge in [-0.15, -0.1) is 0 Å². The van der Waals surface area contributed by atoms with Crippen molar-refractivity contribution >= 4 is 28.9 Å². The van der Waals surface area contributed by atoms with Gasteiger partial charge in [0.1, 0.15) is 5.75 Å². The lowest BCUT2D eigenvalue weighted by atomic mass is 10.2. The number of carbonyl (C=O) groups is 1. The monoisotopic (exact) mass is 318 g/mol. The van der Waals surface area contributed by atoms with Gasteiger partial charge in [-0.2, -0.15) is 0 Å². The number of halogens is 1. The van der Waals surface area contributed by atoms with E-state index in [2.05, 4.69) is 5.32 Å². The van der Waals surface area contributed by atoms with Gasteiger partial charge >= 0.3 is 0 Å². The largest absolute Gasteiger partial charge is 0.494 e. The highest BCUT2D eigenvalue weighted by molar-refractivity contribution is 6.31. The third-order valence-electron chi connectivity index (χ3n) is 3.10. The molecule has 2 aromatic carbocycles. The highest BCUT2D eigenvalue weighted by atomic mass is 35.5. The molecule has 0 radical (unpaired) electrons. The van der Waals surface area contributed by atoms with E-state index in [1.54, 1.807) is 30.3 Å². The molecule has 0 unspecified atom stereocenters. The first-order chi connectivity index (χ1) is 10.5. The van der Waals surface area contributed by atoms with Crippen molar-refractivity contribution in [1.82, 2.24) is 0 Å². The number of anilines is 2. The number of nitrogens with zero attached hydrogens (tertiary/aromatic N) is 1. The summed E-state index contributed by atoms with van der Waals surface area (Å²) in [5.41, 5.74) is 2.10. The Morgan fingerprint density at radius 2 is 2.00 bits per heavy atom. The Labute approximate surface area is 135 Å². The minimum Gasteiger partial charge on any atom is -0.494 e. The van der Waals surface area contributed by atoms with Gasteiger partial charge in [0.2, 0.25) is 0 Å². The Bertz CT molecular complexity index is 671. The summed E-state index contributed by atoms with van der Waals surface area (Å²) >= 11 is 6.03. The number of rotatable bonds is 5. The molecule has 0 saturated heterocycles. The van der Waals surface area contributed by atoms with Crippen LogP contribution in [0.4, 0.5) is 11.4 Å². The van der Waals surface area contributed by atoms with Gasteiger partial charge in [0, 0.05) is 24.7 Å². The number of hydrogen-bond acceptors (Lipinski definition) is 3. The van der Waals surface area contributed by atoms with E-state index in [0.717, 1.165) is 5.69 Å². The number of ether oxygens (including phenoxy) is 1. The van der Waals surface area contributed by atoms with Gasteiger partial charge < -0.3 is 15.0 Å². The predicted molar refractivity (Wildman–Crippen MR) is 91.3 cm³/mol. The summed E-state index contributed by atoms with van der Waals surface area (Å²) in [5, 5.41) is 3.47. The summed E-state index contributed by atoms with van der Waals surface area (Å²) in [7, 11) is 3.82. The van der Waals surface area contributed by atoms with E-state index in [-0.39, 0.29) is 5.91 Å². The first-order valence-corrected chi connectivity index (χ1v) is 7.40. The van der Waals surface area contributed by atoms with Crippen molar-refractivity contribution in [2.24, 2.45) is 0 Å². The van der Waals surface area contributed by atoms with E-state index >= 15 is 0 Å². The van der Waals surface area contributed by atoms with Crippen LogP contribution in [0.1, 0.15) is 17.3 Å². The van der Waals surface area contributed by atoms with Crippen molar-refractivity contribution in [2.45, 2.75) is 6.92 Å². The van der Waals surface area contributed by atoms with Crippen LogP contribution in [0.15, 0.2) is 42.5 Å². The van der Waals surface area contributed by atoms with Crippen LogP contribution < -0.4 is 15.0 Å². The van der Waals surface area contributed by atoms with Crippen molar-refractivity contribution in [3.8, 4) is 5.75 Å². The molecule has 22 heavy (non-hydrogen) atoms. The van der Waals surface area contributed by atoms with E-state index in [0.29, 0.717) is 28.6 Å². The van der Waals surface area contributed by atoms with E-state index < -0.39 is 0 Å². The van der Waals surface area contributed by atoms with Crippen LogP contribution in [0.5, 0.6) is 5.75 Å². The van der Waals surface area contributed by atoms with E-state index in [4.69, 9.17) is 16.3 Å². The standard InChI is InChI=1S/C17H19ClN2O2/c1-4-22-14-7-5-6-12(10-14)17(21)19-15-11-13(18)8-9-16(15)20(2)3/h5-11H,4H2,1-3H3,(H,19,21). The summed E-state index contributed by atoms with van der Waals surface area (Å²) in [6.45, 7) is 2.46. The first-order valence-electron chi connectivity index (χ1n) is 7.02. The second-order valence-corrected chi connectivity index (χ2v) is 5.41. The number of benzene rings is 2. The van der Waals surface area contributed by atoms with Gasteiger partial charge in [-0.1, -0.05) is 17.7 Å². The fourth-order valence-corrected chi connectivity index (χ4v) is 2.26. The average Bonchev–Trinajstić information content (AvgIpc) is 2.47. The summed E-state index contributed by atoms with van der Waals surface area (Å²) in [5.74, 6) is 0.473. The fourth-order valence-electron chi connectivity index (χ4n) is 2.09. The quantitative estimate of drug-likeness (QED) is 0.904. The van der Waals surface area contributed by atoms with Gasteiger partial charge in [0.15, 0.2) is 0 Å². The number of carbonyl (C=O) groups excluding carboxylic acids is 1. The zero-order valence-corrected chi connectivity index (χ0v) is 13.6. The molecule has 0 spiro atoms. The molecule has 0 saturated carbocycles. The maximum atomic E-state index is 12.4. The average molecular weight is 319 g/mol. The van der Waals surface area contributed by atoms with Crippen LogP contribution in [0.3, 0.4) is 0 Å². The molecule has 2 rings (SSSR count). The van der Waals surface area contributed by atoms with Gasteiger partial charge in [-0.25, -0.2) is 0 Å². The molecule has 2 aromatic rings. The van der Waals surface area contributed by atoms with Gasteiger partial charge in [-0.3, -0.25) is 4.79 Å². The molecule has 116 valence electrons. The summed E-state index contributed by atoms with van der Waals surface area (Å²) in [6.07, 6.45) is 0. The lowest BCUT2D eigenvalue weighted by Crippen LogP contribution is -2.16. The molecule has 0 atom stereocenters. The van der Waals surface area contributed by atoms with Crippen LogP contribution in [0, 0.1) is 0 Å². The molecule has 0 aliphatic carbocycles. The summed E-state index contributed by atoms with van der Waals surface area (Å²) < 4.78 is 5.42. The normalized spacial score (nSPS) is 10.2. The Morgan fingerprint density at radius 1 is 1.23 bits per heavy atom. The van der Waals surface area contributed by atoms with Crippen LogP contribution in [-0.4, -0.2) is 26.6 Å². The Morgan fingerprint density at radius 3 is 2.68 bits per heavy atom. The minimum absolute atomic E-state index is 0.202. The highest BCUT2D eigenvalue weighted by Gasteiger charge is 2.11. The molecular formula is C17H19ClN2O2. The van der Waals surface area contributed by atoms with Crippen LogP contribution >= 0.6 is 11.6 Å². The zero-order chi connectivity index (χ0) is 16.1. The van der Waals surface area contributed by atoms with Crippen molar-refractivity contribution in [3.05, 3.63) is 53.1 Å². The van der Waals surface area contributed by atoms with Crippen molar-refractivity contribution in [1.29, 1.82) is 0 Å². The Balaban J connectivity index is 2.25. The van der Waals surface area contributed by atoms with E-state index in [9.17, 15) is 4.79 Å². The molecule has 0 bridgehead atoms. The lowest BCUT2D eigenvalue weighted by molar-refractivity contribution is 0.102. The maximum absolute atomic E-state index is 12.4. The molecule has 1 N–H and O–H groups in total. The Kier molecular flexibility index (Phi) is 5.28. The van der Waals surface area contributed by atoms with Crippen molar-refractivity contribution < 1.29 is 9.53 Å². The van der Waals surface area contributed by atoms with Gasteiger partial charge in [0.05, 0.1) is 18.0 Å². The number of hydrogen-bond donors (Lipinski definition) is 1. The first kappa shape index (κ1) is 16.2. The minimum atomic E-state index is -0.202. The highest BCUT2D eigenvalue weighted by Crippen LogP contribution is 2.28. The molecular weight excluding hydrogens is 300 g/mol. The second kappa shape index (κ2) is 7.18. The smallest absolute Gasteiger partial charge is 0.255 e. The lowest BCUT2D eigenvalue weighted by Gasteiger charge is -2.18. The number of nitrogens with one attached hydrogen (secondary N) is 1. The van der Waals surface area contributed by atoms with Gasteiger partial charge in [-0.05, 0) is 43.3 Å². The molecule has 4 nitrogen and oxygen atoms in total. The van der Waals surface area contributed by atoms with Crippen LogP contribution in [0.25, 0.3) is 0 Å². The molecule has 5 heteroatoms. The molecule has 0 aliphatic rings. The molecule has 1 amide bonds. The third kappa shape index (κ3) is 3.92. The SMILES string of the molecule is CCOc1cccc(C(=O)Nc2cc(Cl)ccc2N(C)C)c1. The second-order valence-electron chi connectivity index (χ2n) is 4.97. The predicted octanol–water partition coefficient (Wildman–Crippen LogP) is 4.06. The van der Waals surface area contributed by atoms with Crippen molar-refractivity contribution in [3.63, 3.8) is 0 Å². The fraction of sp³-hybridized carbons (Fsp3) is 0.235. The molecule has 0 heterocycles. The van der Waals surface area contributed by atoms with E-state index in [1.165, 1.54) is 0 Å². The molecule has 0 aromatic heterocycles. The number of amides is 1. The molecule has 0 fully saturated rings. The summed E-state index contributed by atoms with van der Waals surface area (Å²) in [6, 6.07) is 12.5. The van der Waals surface area contributed by atoms with Gasteiger partial charge in [0.25, 0.3) is 5.91 Å². The zero-order valence-electron chi connectivity index (χ0n) is 12.9. The van der Waals surface area contributed by atoms with E-state index in [1.807, 2.05) is 38.1 Å². The molecule has 0 aliphatic heterocycles. The van der Waals surface area contributed by atoms with Crippen molar-refractivity contribution in [2.75, 3.05) is 30.9 Å². The summed E-state index contributed by atoms with van der Waals surface area (Å²) in [4.78, 5) is 14.3. The Hall–Kier alpha value is -2.20. The maximum Gasteiger partial charge on any atom is 0.255 e.